The molecule has 0 saturated heterocycles. The van der Waals surface area contributed by atoms with E-state index in [1.54, 1.807) is 0 Å². The van der Waals surface area contributed by atoms with Crippen LogP contribution in [0.15, 0.2) is 5.17 Å². The van der Waals surface area contributed by atoms with Gasteiger partial charge in [0.05, 0.1) is 1.59 Å². The lowest BCUT2D eigenvalue weighted by Crippen LogP contribution is -1.89. The first-order chi connectivity index (χ1) is 4.18. The minimum Gasteiger partial charge on any atom is -0.462 e. The molecule has 0 N–H and O–H groups in total. The van der Waals surface area contributed by atoms with Gasteiger partial charge in [-0.15, -0.1) is 0 Å². The Morgan fingerprint density at radius 2 is 2.00 bits per heavy atom. The Bertz CT molecular complexity index is 128. The summed E-state index contributed by atoms with van der Waals surface area (Å²) in [5.41, 5.74) is 0. The van der Waals surface area contributed by atoms with Crippen molar-refractivity contribution < 1.29 is 9.53 Å². The third-order valence-corrected chi connectivity index (χ3v) is 4.70. The maximum absolute atomic E-state index is 9.68. The highest BCUT2D eigenvalue weighted by molar-refractivity contribution is 14.2. The summed E-state index contributed by atoms with van der Waals surface area (Å²) in [6, 6.07) is 0. The summed E-state index contributed by atoms with van der Waals surface area (Å²) in [6.45, 7) is 0.847. The minimum atomic E-state index is 0.394. The highest BCUT2D eigenvalue weighted by atomic mass is 127. The van der Waals surface area contributed by atoms with Gasteiger partial charge in [0.15, 0.2) is 0 Å². The van der Waals surface area contributed by atoms with Gasteiger partial charge in [0, 0.05) is 3.58 Å². The summed E-state index contributed by atoms with van der Waals surface area (Å²) in [5, 5.41) is 0. The molecule has 0 fully saturated rings. The fourth-order valence-electron chi connectivity index (χ4n) is 0.162. The number of hydrogen-bond acceptors (Lipinski definition) is 2. The molecule has 0 atom stereocenters. The van der Waals surface area contributed by atoms with Gasteiger partial charge in [-0.3, -0.25) is 4.79 Å². The molecule has 0 aliphatic rings. The Balaban J connectivity index is 3.62. The highest BCUT2D eigenvalue weighted by Crippen LogP contribution is 2.24. The van der Waals surface area contributed by atoms with Crippen LogP contribution < -0.4 is 0 Å². The van der Waals surface area contributed by atoms with E-state index in [4.69, 9.17) is 0 Å². The Kier molecular flexibility index (Phi) is 7.09. The summed E-state index contributed by atoms with van der Waals surface area (Å²) < 4.78 is 6.69. The number of carbonyl (C=O) groups is 1. The SMILES string of the molecule is O=COCC(I)=C(I)I. The smallest absolute Gasteiger partial charge is 0.293 e. The molecule has 0 amide bonds. The third kappa shape index (κ3) is 5.83. The van der Waals surface area contributed by atoms with Crippen molar-refractivity contribution >= 4 is 74.2 Å². The topological polar surface area (TPSA) is 26.3 Å². The average Bonchev–Trinajstić information content (AvgIpc) is 1.82. The standard InChI is InChI=1S/C4H3I3O2/c5-3(4(6)7)1-9-2-8/h2H,1H2. The van der Waals surface area contributed by atoms with Crippen LogP contribution in [0.5, 0.6) is 0 Å². The maximum atomic E-state index is 9.68. The molecule has 0 unspecified atom stereocenters. The first-order valence-corrected chi connectivity index (χ1v) is 5.17. The second-order valence-corrected chi connectivity index (χ2v) is 6.60. The van der Waals surface area contributed by atoms with E-state index in [2.05, 4.69) is 72.5 Å². The molecule has 0 aliphatic heterocycles. The van der Waals surface area contributed by atoms with Gasteiger partial charge in [0.25, 0.3) is 6.47 Å². The normalized spacial score (nSPS) is 8.33. The van der Waals surface area contributed by atoms with E-state index in [0.717, 1.165) is 5.17 Å². The van der Waals surface area contributed by atoms with Crippen LogP contribution in [0, 0.1) is 0 Å². The Labute approximate surface area is 94.2 Å². The first-order valence-electron chi connectivity index (χ1n) is 1.93. The maximum Gasteiger partial charge on any atom is 0.293 e. The van der Waals surface area contributed by atoms with Gasteiger partial charge in [-0.25, -0.2) is 0 Å². The number of ether oxygens (including phenoxy) is 1. The van der Waals surface area contributed by atoms with Crippen molar-refractivity contribution in [3.8, 4) is 0 Å². The molecule has 0 aromatic heterocycles. The number of hydrogen-bond donors (Lipinski definition) is 0. The minimum absolute atomic E-state index is 0.394. The summed E-state index contributed by atoms with van der Waals surface area (Å²) in [6.07, 6.45) is 0. The lowest BCUT2D eigenvalue weighted by molar-refractivity contribution is -0.127. The molecule has 2 nitrogen and oxygen atoms in total. The largest absolute Gasteiger partial charge is 0.462 e. The summed E-state index contributed by atoms with van der Waals surface area (Å²) in [4.78, 5) is 9.68. The second kappa shape index (κ2) is 6.13. The molecule has 9 heavy (non-hydrogen) atoms. The number of halogens is 3. The molecule has 0 rings (SSSR count). The Morgan fingerprint density at radius 3 is 2.33 bits per heavy atom. The van der Waals surface area contributed by atoms with E-state index in [1.165, 1.54) is 0 Å². The third-order valence-electron chi connectivity index (χ3n) is 0.483. The van der Waals surface area contributed by atoms with E-state index in [0.29, 0.717) is 13.1 Å². The molecule has 0 aromatic carbocycles. The van der Waals surface area contributed by atoms with Crippen LogP contribution >= 0.6 is 67.8 Å². The van der Waals surface area contributed by atoms with Gasteiger partial charge >= 0.3 is 0 Å². The van der Waals surface area contributed by atoms with Crippen LogP contribution in [-0.2, 0) is 9.53 Å². The molecule has 0 spiro atoms. The van der Waals surface area contributed by atoms with Crippen molar-refractivity contribution in [1.82, 2.24) is 0 Å². The molecule has 0 saturated carbocycles. The van der Waals surface area contributed by atoms with Gasteiger partial charge in [-0.1, -0.05) is 0 Å². The van der Waals surface area contributed by atoms with E-state index >= 15 is 0 Å². The van der Waals surface area contributed by atoms with E-state index in [9.17, 15) is 4.79 Å². The molecule has 0 aromatic rings. The van der Waals surface area contributed by atoms with Gasteiger partial charge in [0.2, 0.25) is 0 Å². The predicted molar refractivity (Wildman–Crippen MR) is 61.1 cm³/mol. The zero-order valence-corrected chi connectivity index (χ0v) is 10.7. The second-order valence-electron chi connectivity index (χ2n) is 1.07. The average molecular weight is 464 g/mol. The predicted octanol–water partition coefficient (Wildman–Crippen LogP) is 2.63. The van der Waals surface area contributed by atoms with Crippen molar-refractivity contribution in [2.75, 3.05) is 6.61 Å². The lowest BCUT2D eigenvalue weighted by atomic mass is 10.7. The zero-order valence-electron chi connectivity index (χ0n) is 4.23. The van der Waals surface area contributed by atoms with Crippen LogP contribution in [0.3, 0.4) is 0 Å². The van der Waals surface area contributed by atoms with Crippen molar-refractivity contribution in [3.63, 3.8) is 0 Å². The van der Waals surface area contributed by atoms with Crippen molar-refractivity contribution in [3.05, 3.63) is 5.17 Å². The Morgan fingerprint density at radius 1 is 1.44 bits per heavy atom. The monoisotopic (exact) mass is 464 g/mol. The fraction of sp³-hybridized carbons (Fsp3) is 0.250. The van der Waals surface area contributed by atoms with E-state index < -0.39 is 0 Å². The molecule has 0 aliphatic carbocycles. The van der Waals surface area contributed by atoms with Gasteiger partial charge in [-0.2, -0.15) is 0 Å². The lowest BCUT2D eigenvalue weighted by Gasteiger charge is -1.95. The first kappa shape index (κ1) is 10.4. The number of rotatable bonds is 3. The zero-order chi connectivity index (χ0) is 7.28. The molecule has 5 heteroatoms. The molecule has 0 radical (unpaired) electrons. The van der Waals surface area contributed by atoms with Crippen LogP contribution in [0.25, 0.3) is 0 Å². The summed E-state index contributed by atoms with van der Waals surface area (Å²) in [7, 11) is 0. The van der Waals surface area contributed by atoms with Gasteiger partial charge in [0.1, 0.15) is 6.61 Å². The van der Waals surface area contributed by atoms with Crippen LogP contribution in [0.1, 0.15) is 0 Å². The van der Waals surface area contributed by atoms with Crippen LogP contribution in [0.2, 0.25) is 0 Å². The van der Waals surface area contributed by atoms with Crippen LogP contribution in [-0.4, -0.2) is 13.1 Å². The quantitative estimate of drug-likeness (QED) is 0.475. The van der Waals surface area contributed by atoms with E-state index in [-0.39, 0.29) is 0 Å². The van der Waals surface area contributed by atoms with Crippen molar-refractivity contribution in [1.29, 1.82) is 0 Å². The molecule has 0 heterocycles. The van der Waals surface area contributed by atoms with Gasteiger partial charge in [-0.05, 0) is 67.8 Å². The van der Waals surface area contributed by atoms with E-state index in [1.807, 2.05) is 0 Å². The van der Waals surface area contributed by atoms with Gasteiger partial charge < -0.3 is 4.74 Å². The molecular weight excluding hydrogens is 461 g/mol. The van der Waals surface area contributed by atoms with Crippen molar-refractivity contribution in [2.24, 2.45) is 0 Å². The molecule has 0 bridgehead atoms. The molecule has 52 valence electrons. The summed E-state index contributed by atoms with van der Waals surface area (Å²) in [5.74, 6) is 0. The fourth-order valence-corrected chi connectivity index (χ4v) is 0.653. The highest BCUT2D eigenvalue weighted by Gasteiger charge is 1.95. The van der Waals surface area contributed by atoms with Crippen molar-refractivity contribution in [2.45, 2.75) is 0 Å². The number of carbonyl (C=O) groups excluding carboxylic acids is 1. The Hall–Kier alpha value is 1.40. The summed E-state index contributed by atoms with van der Waals surface area (Å²) >= 11 is 6.48. The molecular formula is C4H3I3O2. The van der Waals surface area contributed by atoms with Crippen LogP contribution in [0.4, 0.5) is 0 Å².